The smallest absolute Gasteiger partial charge is 0.337 e. The van der Waals surface area contributed by atoms with E-state index in [0.29, 0.717) is 23.1 Å². The Kier molecular flexibility index (Phi) is 6.34. The maximum absolute atomic E-state index is 13.0. The van der Waals surface area contributed by atoms with Crippen molar-refractivity contribution in [1.82, 2.24) is 4.57 Å². The fourth-order valence-corrected chi connectivity index (χ4v) is 3.81. The molecule has 8 nitrogen and oxygen atoms in total. The molecule has 3 aromatic rings. The van der Waals surface area contributed by atoms with Crippen LogP contribution < -0.4 is 5.32 Å². The summed E-state index contributed by atoms with van der Waals surface area (Å²) in [6.45, 7) is 2.29. The van der Waals surface area contributed by atoms with Crippen LogP contribution in [0.5, 0.6) is 0 Å². The lowest BCUT2D eigenvalue weighted by molar-refractivity contribution is -0.168. The number of nitrogens with zero attached hydrogens (tertiary/aromatic N) is 1. The number of para-hydroxylation sites is 1. The summed E-state index contributed by atoms with van der Waals surface area (Å²) in [5.74, 6) is -1.89. The summed E-state index contributed by atoms with van der Waals surface area (Å²) in [5.41, 5.74) is 1.69. The first-order valence-electron chi connectivity index (χ1n) is 10.5. The van der Waals surface area contributed by atoms with E-state index in [0.717, 1.165) is 19.3 Å². The van der Waals surface area contributed by atoms with E-state index in [2.05, 4.69) is 5.32 Å². The van der Waals surface area contributed by atoms with Gasteiger partial charge in [-0.1, -0.05) is 24.3 Å². The minimum Gasteiger partial charge on any atom is -0.478 e. The lowest BCUT2D eigenvalue weighted by atomic mass is 10.1. The minimum absolute atomic E-state index is 0.0423. The molecule has 1 amide bonds. The van der Waals surface area contributed by atoms with Crippen molar-refractivity contribution in [3.63, 3.8) is 0 Å². The molecule has 0 bridgehead atoms. The Morgan fingerprint density at radius 1 is 1.16 bits per heavy atom. The number of aromatic nitrogens is 1. The number of carbonyl (C=O) groups excluding carboxylic acids is 2. The predicted octanol–water partition coefficient (Wildman–Crippen LogP) is 4.30. The van der Waals surface area contributed by atoms with Gasteiger partial charge in [0.2, 0.25) is 5.91 Å². The molecule has 4 rings (SSSR count). The van der Waals surface area contributed by atoms with Gasteiger partial charge in [0.15, 0.2) is 6.29 Å². The fraction of sp³-hybridized carbons (Fsp3) is 0.292. The highest BCUT2D eigenvalue weighted by Gasteiger charge is 2.20. The molecule has 0 spiro atoms. The number of anilines is 1. The first-order valence-corrected chi connectivity index (χ1v) is 10.5. The Morgan fingerprint density at radius 3 is 2.69 bits per heavy atom. The average Bonchev–Trinajstić information content (AvgIpc) is 3.19. The molecule has 166 valence electrons. The molecule has 2 N–H and O–H groups in total. The minimum atomic E-state index is -1.16. The fourth-order valence-electron chi connectivity index (χ4n) is 3.81. The van der Waals surface area contributed by atoms with Crippen molar-refractivity contribution in [2.24, 2.45) is 0 Å². The zero-order chi connectivity index (χ0) is 22.7. The SMILES string of the molecule is CC(=O)n1cc(C(=O)Nc2ccc(COC3CCCCO3)cc2C(=O)O)c2ccccc21. The monoisotopic (exact) mass is 436 g/mol. The Balaban J connectivity index is 1.56. The number of hydrogen-bond donors (Lipinski definition) is 2. The summed E-state index contributed by atoms with van der Waals surface area (Å²) >= 11 is 0. The number of ether oxygens (including phenoxy) is 2. The second kappa shape index (κ2) is 9.33. The van der Waals surface area contributed by atoms with Gasteiger partial charge in [0.05, 0.1) is 28.9 Å². The normalized spacial score (nSPS) is 16.1. The highest BCUT2D eigenvalue weighted by atomic mass is 16.7. The highest BCUT2D eigenvalue weighted by Crippen LogP contribution is 2.25. The summed E-state index contributed by atoms with van der Waals surface area (Å²) in [5, 5.41) is 13.0. The van der Waals surface area contributed by atoms with Crippen LogP contribution in [-0.2, 0) is 16.1 Å². The number of amides is 1. The summed E-state index contributed by atoms with van der Waals surface area (Å²) < 4.78 is 12.7. The van der Waals surface area contributed by atoms with Gasteiger partial charge >= 0.3 is 5.97 Å². The first-order chi connectivity index (χ1) is 15.4. The molecule has 32 heavy (non-hydrogen) atoms. The van der Waals surface area contributed by atoms with E-state index in [-0.39, 0.29) is 35.6 Å². The first kappa shape index (κ1) is 21.7. The van der Waals surface area contributed by atoms with Crippen molar-refractivity contribution >= 4 is 34.4 Å². The number of carbonyl (C=O) groups is 3. The molecule has 1 fully saturated rings. The van der Waals surface area contributed by atoms with Gasteiger partial charge in [-0.15, -0.1) is 0 Å². The lowest BCUT2D eigenvalue weighted by Crippen LogP contribution is -2.22. The Labute approximate surface area is 184 Å². The Bertz CT molecular complexity index is 1180. The molecule has 1 aromatic heterocycles. The largest absolute Gasteiger partial charge is 0.478 e. The molecule has 0 aliphatic carbocycles. The topological polar surface area (TPSA) is 107 Å². The molecule has 1 unspecified atom stereocenters. The van der Waals surface area contributed by atoms with Crippen LogP contribution in [0, 0.1) is 0 Å². The summed E-state index contributed by atoms with van der Waals surface area (Å²) in [7, 11) is 0. The molecule has 1 aliphatic rings. The van der Waals surface area contributed by atoms with E-state index in [1.807, 2.05) is 0 Å². The van der Waals surface area contributed by atoms with Crippen LogP contribution in [0.3, 0.4) is 0 Å². The molecule has 8 heteroatoms. The summed E-state index contributed by atoms with van der Waals surface area (Å²) in [6, 6.07) is 11.8. The second-order valence-corrected chi connectivity index (χ2v) is 7.70. The van der Waals surface area contributed by atoms with E-state index in [4.69, 9.17) is 9.47 Å². The van der Waals surface area contributed by atoms with Gasteiger partial charge in [0.1, 0.15) is 0 Å². The van der Waals surface area contributed by atoms with Crippen LogP contribution in [0.25, 0.3) is 10.9 Å². The van der Waals surface area contributed by atoms with Gasteiger partial charge in [-0.05, 0) is 43.0 Å². The number of nitrogens with one attached hydrogen (secondary N) is 1. The summed E-state index contributed by atoms with van der Waals surface area (Å²) in [6.07, 6.45) is 4.05. The number of benzene rings is 2. The van der Waals surface area contributed by atoms with E-state index >= 15 is 0 Å². The number of carboxylic acids is 1. The lowest BCUT2D eigenvalue weighted by Gasteiger charge is -2.22. The van der Waals surface area contributed by atoms with E-state index in [9.17, 15) is 19.5 Å². The maximum atomic E-state index is 13.0. The van der Waals surface area contributed by atoms with E-state index in [1.54, 1.807) is 36.4 Å². The number of rotatable bonds is 6. The third kappa shape index (κ3) is 4.56. The van der Waals surface area contributed by atoms with Crippen LogP contribution in [0.2, 0.25) is 0 Å². The van der Waals surface area contributed by atoms with Crippen molar-refractivity contribution < 1.29 is 29.0 Å². The number of carboxylic acid groups (broad SMARTS) is 1. The third-order valence-corrected chi connectivity index (χ3v) is 5.43. The zero-order valence-electron chi connectivity index (χ0n) is 17.7. The van der Waals surface area contributed by atoms with Crippen LogP contribution in [0.4, 0.5) is 5.69 Å². The third-order valence-electron chi connectivity index (χ3n) is 5.43. The number of hydrogen-bond acceptors (Lipinski definition) is 5. The molecular formula is C24H24N2O6. The van der Waals surface area contributed by atoms with Crippen LogP contribution in [0.1, 0.15) is 57.3 Å². The van der Waals surface area contributed by atoms with Gasteiger partial charge in [-0.3, -0.25) is 14.2 Å². The van der Waals surface area contributed by atoms with E-state index < -0.39 is 11.9 Å². The van der Waals surface area contributed by atoms with Gasteiger partial charge in [-0.2, -0.15) is 0 Å². The van der Waals surface area contributed by atoms with Crippen molar-refractivity contribution in [2.45, 2.75) is 39.1 Å². The van der Waals surface area contributed by atoms with Crippen molar-refractivity contribution in [2.75, 3.05) is 11.9 Å². The number of aromatic carboxylic acids is 1. The molecule has 1 atom stereocenters. The molecule has 1 aliphatic heterocycles. The van der Waals surface area contributed by atoms with Crippen LogP contribution in [0.15, 0.2) is 48.7 Å². The van der Waals surface area contributed by atoms with Gasteiger partial charge in [0.25, 0.3) is 5.91 Å². The van der Waals surface area contributed by atoms with Crippen LogP contribution in [-0.4, -0.2) is 40.4 Å². The zero-order valence-corrected chi connectivity index (χ0v) is 17.7. The molecular weight excluding hydrogens is 412 g/mol. The second-order valence-electron chi connectivity index (χ2n) is 7.70. The highest BCUT2D eigenvalue weighted by molar-refractivity contribution is 6.15. The van der Waals surface area contributed by atoms with Crippen LogP contribution >= 0.6 is 0 Å². The summed E-state index contributed by atoms with van der Waals surface area (Å²) in [4.78, 5) is 36.8. The molecule has 0 saturated carbocycles. The molecule has 2 heterocycles. The van der Waals surface area contributed by atoms with Gasteiger partial charge in [-0.25, -0.2) is 4.79 Å². The quantitative estimate of drug-likeness (QED) is 0.597. The molecule has 0 radical (unpaired) electrons. The number of fused-ring (bicyclic) bond motifs is 1. The molecule has 2 aromatic carbocycles. The van der Waals surface area contributed by atoms with Crippen molar-refractivity contribution in [1.29, 1.82) is 0 Å². The van der Waals surface area contributed by atoms with Gasteiger partial charge in [0, 0.05) is 25.1 Å². The molecule has 1 saturated heterocycles. The Morgan fingerprint density at radius 2 is 1.97 bits per heavy atom. The standard InChI is InChI=1S/C24H24N2O6/c1-15(27)26-13-19(17-6-2-3-7-21(17)26)23(28)25-20-10-9-16(12-18(20)24(29)30)14-32-22-8-4-5-11-31-22/h2-3,6-7,9-10,12-13,22H,4-5,8,11,14H2,1H3,(H,25,28)(H,29,30). The maximum Gasteiger partial charge on any atom is 0.337 e. The van der Waals surface area contributed by atoms with Crippen molar-refractivity contribution in [3.8, 4) is 0 Å². The van der Waals surface area contributed by atoms with E-state index in [1.165, 1.54) is 23.8 Å². The van der Waals surface area contributed by atoms with Crippen molar-refractivity contribution in [3.05, 3.63) is 65.4 Å². The van der Waals surface area contributed by atoms with Gasteiger partial charge < -0.3 is 19.9 Å². The Hall–Kier alpha value is -3.49. The predicted molar refractivity (Wildman–Crippen MR) is 118 cm³/mol. The average molecular weight is 436 g/mol.